The molecule has 6 heteroatoms. The van der Waals surface area contributed by atoms with Gasteiger partial charge in [-0.15, -0.1) is 0 Å². The molecule has 0 atom stereocenters. The van der Waals surface area contributed by atoms with Crippen molar-refractivity contribution in [2.24, 2.45) is 10.8 Å². The topological polar surface area (TPSA) is 50.4 Å². The van der Waals surface area contributed by atoms with Gasteiger partial charge in [0.1, 0.15) is 0 Å². The molecule has 22 heavy (non-hydrogen) atoms. The lowest BCUT2D eigenvalue weighted by atomic mass is 10.1. The lowest BCUT2D eigenvalue weighted by molar-refractivity contribution is 1.03. The number of halogens is 2. The second-order valence-electron chi connectivity index (χ2n) is 4.35. The molecule has 0 saturated heterocycles. The SMILES string of the molecule is NC(=S)N/N=C(/C=C/c1ccccc1)c1ccc(Cl)c(Cl)c1. The van der Waals surface area contributed by atoms with Crippen molar-refractivity contribution in [3.8, 4) is 0 Å². The second kappa shape index (κ2) is 7.94. The highest BCUT2D eigenvalue weighted by molar-refractivity contribution is 7.80. The summed E-state index contributed by atoms with van der Waals surface area (Å²) in [5.74, 6) is 0. The maximum Gasteiger partial charge on any atom is 0.184 e. The normalized spacial score (nSPS) is 11.6. The van der Waals surface area contributed by atoms with Crippen molar-refractivity contribution in [1.29, 1.82) is 0 Å². The first kappa shape index (κ1) is 16.5. The zero-order valence-corrected chi connectivity index (χ0v) is 13.8. The van der Waals surface area contributed by atoms with Crippen LogP contribution in [0.5, 0.6) is 0 Å². The predicted octanol–water partition coefficient (Wildman–Crippen LogP) is 4.24. The molecule has 0 unspecified atom stereocenters. The highest BCUT2D eigenvalue weighted by atomic mass is 35.5. The van der Waals surface area contributed by atoms with E-state index >= 15 is 0 Å². The fourth-order valence-corrected chi connectivity index (χ4v) is 2.05. The number of allylic oxidation sites excluding steroid dienone is 1. The lowest BCUT2D eigenvalue weighted by Crippen LogP contribution is -2.25. The van der Waals surface area contributed by atoms with E-state index in [4.69, 9.17) is 41.2 Å². The standard InChI is InChI=1S/C16H13Cl2N3S/c17-13-8-7-12(10-14(13)18)15(20-21-16(19)22)9-6-11-4-2-1-3-5-11/h1-10H,(H3,19,21,22)/b9-6+,20-15-. The summed E-state index contributed by atoms with van der Waals surface area (Å²) < 4.78 is 0. The number of hydrogen-bond donors (Lipinski definition) is 2. The van der Waals surface area contributed by atoms with Crippen molar-refractivity contribution >= 4 is 52.3 Å². The molecule has 3 N–H and O–H groups in total. The zero-order chi connectivity index (χ0) is 15.9. The number of nitrogens with zero attached hydrogens (tertiary/aromatic N) is 1. The summed E-state index contributed by atoms with van der Waals surface area (Å²) in [6, 6.07) is 15.1. The number of nitrogens with one attached hydrogen (secondary N) is 1. The minimum atomic E-state index is 0.0886. The number of nitrogens with two attached hydrogens (primary N) is 1. The van der Waals surface area contributed by atoms with Crippen LogP contribution >= 0.6 is 35.4 Å². The van der Waals surface area contributed by atoms with Gasteiger partial charge in [-0.3, -0.25) is 5.43 Å². The summed E-state index contributed by atoms with van der Waals surface area (Å²) in [6.45, 7) is 0. The Bertz CT molecular complexity index is 727. The van der Waals surface area contributed by atoms with Crippen LogP contribution in [0.4, 0.5) is 0 Å². The number of hydrogen-bond acceptors (Lipinski definition) is 2. The summed E-state index contributed by atoms with van der Waals surface area (Å²) in [5.41, 5.74) is 10.5. The van der Waals surface area contributed by atoms with Crippen molar-refractivity contribution in [1.82, 2.24) is 5.43 Å². The first-order chi connectivity index (χ1) is 10.6. The van der Waals surface area contributed by atoms with Gasteiger partial charge in [-0.25, -0.2) is 0 Å². The molecule has 0 aliphatic carbocycles. The molecule has 0 amide bonds. The van der Waals surface area contributed by atoms with Gasteiger partial charge >= 0.3 is 0 Å². The summed E-state index contributed by atoms with van der Waals surface area (Å²) in [7, 11) is 0. The van der Waals surface area contributed by atoms with Crippen LogP contribution in [0, 0.1) is 0 Å². The minimum Gasteiger partial charge on any atom is -0.375 e. The minimum absolute atomic E-state index is 0.0886. The average Bonchev–Trinajstić information content (AvgIpc) is 2.51. The summed E-state index contributed by atoms with van der Waals surface area (Å²) >= 11 is 16.8. The maximum atomic E-state index is 6.06. The van der Waals surface area contributed by atoms with Crippen molar-refractivity contribution < 1.29 is 0 Å². The van der Waals surface area contributed by atoms with E-state index in [0.29, 0.717) is 15.8 Å². The molecule has 112 valence electrons. The molecule has 2 rings (SSSR count). The van der Waals surface area contributed by atoms with E-state index in [1.807, 2.05) is 48.6 Å². The number of thiocarbonyl (C=S) groups is 1. The first-order valence-corrected chi connectivity index (χ1v) is 7.54. The monoisotopic (exact) mass is 349 g/mol. The average molecular weight is 350 g/mol. The molecule has 0 aromatic heterocycles. The van der Waals surface area contributed by atoms with Gasteiger partial charge in [-0.1, -0.05) is 65.7 Å². The lowest BCUT2D eigenvalue weighted by Gasteiger charge is -2.05. The van der Waals surface area contributed by atoms with Crippen molar-refractivity contribution in [3.63, 3.8) is 0 Å². The van der Waals surface area contributed by atoms with Crippen LogP contribution < -0.4 is 11.2 Å². The zero-order valence-electron chi connectivity index (χ0n) is 11.5. The molecule has 0 bridgehead atoms. The molecular formula is C16H13Cl2N3S. The van der Waals surface area contributed by atoms with Gasteiger partial charge in [0, 0.05) is 5.56 Å². The van der Waals surface area contributed by atoms with Gasteiger partial charge in [0.25, 0.3) is 0 Å². The highest BCUT2D eigenvalue weighted by Crippen LogP contribution is 2.23. The van der Waals surface area contributed by atoms with Crippen LogP contribution in [0.25, 0.3) is 6.08 Å². The van der Waals surface area contributed by atoms with E-state index in [2.05, 4.69) is 10.5 Å². The predicted molar refractivity (Wildman–Crippen MR) is 98.4 cm³/mol. The van der Waals surface area contributed by atoms with Crippen LogP contribution in [0.2, 0.25) is 10.0 Å². The molecule has 0 fully saturated rings. The Morgan fingerprint density at radius 1 is 1.09 bits per heavy atom. The van der Waals surface area contributed by atoms with E-state index in [-0.39, 0.29) is 5.11 Å². The second-order valence-corrected chi connectivity index (χ2v) is 5.60. The Balaban J connectivity index is 2.34. The van der Waals surface area contributed by atoms with Crippen molar-refractivity contribution in [2.45, 2.75) is 0 Å². The van der Waals surface area contributed by atoms with Crippen LogP contribution in [-0.2, 0) is 0 Å². The summed E-state index contributed by atoms with van der Waals surface area (Å²) in [5, 5.41) is 5.22. The molecule has 3 nitrogen and oxygen atoms in total. The third kappa shape index (κ3) is 4.84. The van der Waals surface area contributed by atoms with E-state index in [9.17, 15) is 0 Å². The van der Waals surface area contributed by atoms with Gasteiger partial charge in [-0.2, -0.15) is 5.10 Å². The summed E-state index contributed by atoms with van der Waals surface area (Å²) in [4.78, 5) is 0. The first-order valence-electron chi connectivity index (χ1n) is 6.38. The van der Waals surface area contributed by atoms with E-state index in [0.717, 1.165) is 11.1 Å². The third-order valence-electron chi connectivity index (χ3n) is 2.74. The smallest absolute Gasteiger partial charge is 0.184 e. The van der Waals surface area contributed by atoms with Gasteiger partial charge in [-0.05, 0) is 36.0 Å². The summed E-state index contributed by atoms with van der Waals surface area (Å²) in [6.07, 6.45) is 3.78. The molecule has 2 aromatic carbocycles. The van der Waals surface area contributed by atoms with Gasteiger partial charge < -0.3 is 5.73 Å². The fraction of sp³-hybridized carbons (Fsp3) is 0. The molecule has 0 heterocycles. The van der Waals surface area contributed by atoms with Crippen LogP contribution in [0.15, 0.2) is 59.7 Å². The van der Waals surface area contributed by atoms with Gasteiger partial charge in [0.05, 0.1) is 15.8 Å². The Hall–Kier alpha value is -1.88. The van der Waals surface area contributed by atoms with Crippen LogP contribution in [-0.4, -0.2) is 10.8 Å². The Morgan fingerprint density at radius 3 is 2.45 bits per heavy atom. The quantitative estimate of drug-likeness (QED) is 0.493. The van der Waals surface area contributed by atoms with E-state index < -0.39 is 0 Å². The van der Waals surface area contributed by atoms with E-state index in [1.165, 1.54) is 0 Å². The van der Waals surface area contributed by atoms with Crippen LogP contribution in [0.3, 0.4) is 0 Å². The van der Waals surface area contributed by atoms with Gasteiger partial charge in [0.15, 0.2) is 5.11 Å². The Morgan fingerprint density at radius 2 is 1.82 bits per heavy atom. The molecule has 0 aliphatic heterocycles. The number of hydrazone groups is 1. The third-order valence-corrected chi connectivity index (χ3v) is 3.57. The molecular weight excluding hydrogens is 337 g/mol. The number of benzene rings is 2. The van der Waals surface area contributed by atoms with Gasteiger partial charge in [0.2, 0.25) is 0 Å². The molecule has 0 saturated carbocycles. The fourth-order valence-electron chi connectivity index (χ4n) is 1.71. The highest BCUT2D eigenvalue weighted by Gasteiger charge is 2.04. The molecule has 2 aromatic rings. The van der Waals surface area contributed by atoms with Crippen molar-refractivity contribution in [3.05, 3.63) is 75.8 Å². The Labute approximate surface area is 144 Å². The largest absolute Gasteiger partial charge is 0.375 e. The van der Waals surface area contributed by atoms with E-state index in [1.54, 1.807) is 12.1 Å². The van der Waals surface area contributed by atoms with Crippen LogP contribution in [0.1, 0.15) is 11.1 Å². The molecule has 0 aliphatic rings. The van der Waals surface area contributed by atoms with Crippen molar-refractivity contribution in [2.75, 3.05) is 0 Å². The molecule has 0 radical (unpaired) electrons. The molecule has 0 spiro atoms. The number of rotatable bonds is 4. The maximum absolute atomic E-state index is 6.06. The Kier molecular flexibility index (Phi) is 5.95.